The van der Waals surface area contributed by atoms with Gasteiger partial charge in [-0.3, -0.25) is 14.4 Å². The lowest BCUT2D eigenvalue weighted by molar-refractivity contribution is -0.142. The highest BCUT2D eigenvalue weighted by Gasteiger charge is 2.32. The number of carboxylic acid groups (broad SMARTS) is 1. The summed E-state index contributed by atoms with van der Waals surface area (Å²) in [4.78, 5) is 65.8. The van der Waals surface area contributed by atoms with Gasteiger partial charge in [0.05, 0.1) is 12.4 Å². The van der Waals surface area contributed by atoms with E-state index in [9.17, 15) is 29.4 Å². The van der Waals surface area contributed by atoms with E-state index in [0.717, 1.165) is 27.4 Å². The van der Waals surface area contributed by atoms with Gasteiger partial charge in [0.1, 0.15) is 24.2 Å². The van der Waals surface area contributed by atoms with Crippen LogP contribution in [-0.2, 0) is 38.4 Å². The van der Waals surface area contributed by atoms with E-state index >= 15 is 0 Å². The number of para-hydroxylation sites is 2. The van der Waals surface area contributed by atoms with Crippen molar-refractivity contribution in [1.29, 1.82) is 0 Å². The lowest BCUT2D eigenvalue weighted by atomic mass is 10.0. The van der Waals surface area contributed by atoms with Crippen molar-refractivity contribution in [3.8, 4) is 0 Å². The molecule has 5 aromatic rings. The van der Waals surface area contributed by atoms with E-state index < -0.39 is 54.0 Å². The van der Waals surface area contributed by atoms with Gasteiger partial charge in [-0.15, -0.1) is 0 Å². The number of aromatic nitrogens is 4. The summed E-state index contributed by atoms with van der Waals surface area (Å²) < 4.78 is 0. The summed E-state index contributed by atoms with van der Waals surface area (Å²) >= 11 is 0. The SMILES string of the molecule is CC(O)C(N)C(=O)NC(Cc1c[nH]c2ccccc12)C(=O)NC(Cc1c[nH]c2ccccc12)C(=O)NC(Cc1cnc[nH]1)C(=O)O. The van der Waals surface area contributed by atoms with Gasteiger partial charge in [0, 0.05) is 65.4 Å². The van der Waals surface area contributed by atoms with Crippen molar-refractivity contribution < 1.29 is 29.4 Å². The fourth-order valence-electron chi connectivity index (χ4n) is 5.31. The Balaban J connectivity index is 1.43. The van der Waals surface area contributed by atoms with E-state index in [4.69, 9.17) is 5.73 Å². The lowest BCUT2D eigenvalue weighted by Gasteiger charge is -2.25. The Labute approximate surface area is 263 Å². The number of H-pyrrole nitrogens is 3. The molecule has 5 rings (SSSR count). The number of benzene rings is 2. The number of aliphatic hydroxyl groups is 1. The van der Waals surface area contributed by atoms with Gasteiger partial charge in [-0.25, -0.2) is 9.78 Å². The lowest BCUT2D eigenvalue weighted by Crippen LogP contribution is -2.59. The second kappa shape index (κ2) is 14.1. The normalized spacial score (nSPS) is 14.7. The van der Waals surface area contributed by atoms with Gasteiger partial charge in [0.2, 0.25) is 17.7 Å². The predicted octanol–water partition coefficient (Wildman–Crippen LogP) is 0.647. The number of nitrogens with zero attached hydrogens (tertiary/aromatic N) is 1. The van der Waals surface area contributed by atoms with Crippen LogP contribution in [0.15, 0.2) is 73.4 Å². The van der Waals surface area contributed by atoms with E-state index in [-0.39, 0.29) is 19.3 Å². The molecule has 14 nitrogen and oxygen atoms in total. The largest absolute Gasteiger partial charge is 0.480 e. The summed E-state index contributed by atoms with van der Waals surface area (Å²) in [6.07, 6.45) is 5.13. The molecule has 3 aromatic heterocycles. The topological polar surface area (TPSA) is 231 Å². The van der Waals surface area contributed by atoms with Crippen LogP contribution in [0, 0.1) is 0 Å². The molecule has 0 fully saturated rings. The van der Waals surface area contributed by atoms with E-state index in [1.165, 1.54) is 19.4 Å². The number of aromatic amines is 3. The minimum atomic E-state index is -1.32. The van der Waals surface area contributed by atoms with E-state index in [1.807, 2.05) is 48.5 Å². The van der Waals surface area contributed by atoms with Gasteiger partial charge in [-0.05, 0) is 30.2 Å². The first kappa shape index (κ1) is 31.9. The molecule has 0 radical (unpaired) electrons. The molecule has 0 aliphatic rings. The number of nitrogens with two attached hydrogens (primary N) is 1. The number of carbonyl (C=O) groups is 4. The maximum Gasteiger partial charge on any atom is 0.326 e. The number of carboxylic acids is 1. The number of hydrogen-bond acceptors (Lipinski definition) is 7. The summed E-state index contributed by atoms with van der Waals surface area (Å²) in [5.41, 5.74) is 9.47. The van der Waals surface area contributed by atoms with Gasteiger partial charge in [-0.2, -0.15) is 0 Å². The van der Waals surface area contributed by atoms with Crippen LogP contribution < -0.4 is 21.7 Å². The number of amides is 3. The van der Waals surface area contributed by atoms with Crippen molar-refractivity contribution in [2.45, 2.75) is 56.5 Å². The van der Waals surface area contributed by atoms with Crippen LogP contribution in [-0.4, -0.2) is 84.1 Å². The predicted molar refractivity (Wildman–Crippen MR) is 169 cm³/mol. The smallest absolute Gasteiger partial charge is 0.326 e. The number of fused-ring (bicyclic) bond motifs is 2. The molecule has 5 unspecified atom stereocenters. The van der Waals surface area contributed by atoms with Gasteiger partial charge in [0.15, 0.2) is 0 Å². The summed E-state index contributed by atoms with van der Waals surface area (Å²) in [5, 5.41) is 29.4. The maximum atomic E-state index is 14.0. The van der Waals surface area contributed by atoms with Crippen LogP contribution >= 0.6 is 0 Å². The van der Waals surface area contributed by atoms with Crippen molar-refractivity contribution >= 4 is 45.5 Å². The second-order valence-electron chi connectivity index (χ2n) is 11.2. The molecule has 46 heavy (non-hydrogen) atoms. The first-order valence-corrected chi connectivity index (χ1v) is 14.8. The summed E-state index contributed by atoms with van der Waals surface area (Å²) in [6, 6.07) is 9.85. The highest BCUT2D eigenvalue weighted by Crippen LogP contribution is 2.21. The number of hydrogen-bond donors (Lipinski definition) is 9. The molecule has 0 saturated heterocycles. The number of carbonyl (C=O) groups excluding carboxylic acids is 3. The van der Waals surface area contributed by atoms with E-state index in [0.29, 0.717) is 11.3 Å². The molecule has 0 aliphatic carbocycles. The van der Waals surface area contributed by atoms with Crippen LogP contribution in [0.5, 0.6) is 0 Å². The highest BCUT2D eigenvalue weighted by molar-refractivity contribution is 5.95. The van der Waals surface area contributed by atoms with E-state index in [1.54, 1.807) is 12.4 Å². The highest BCUT2D eigenvalue weighted by atomic mass is 16.4. The maximum absolute atomic E-state index is 14.0. The molecule has 0 saturated carbocycles. The summed E-state index contributed by atoms with van der Waals surface area (Å²) in [6.45, 7) is 1.36. The zero-order chi connectivity index (χ0) is 32.8. The number of nitrogens with one attached hydrogen (secondary N) is 6. The number of aliphatic carboxylic acids is 1. The molecule has 3 amide bonds. The zero-order valence-electron chi connectivity index (χ0n) is 25.0. The van der Waals surface area contributed by atoms with Crippen molar-refractivity contribution in [2.24, 2.45) is 5.73 Å². The molecule has 0 spiro atoms. The Morgan fingerprint density at radius 2 is 1.26 bits per heavy atom. The molecule has 0 aliphatic heterocycles. The monoisotopic (exact) mass is 628 g/mol. The average Bonchev–Trinajstić information content (AvgIpc) is 3.80. The molecular formula is C32H36N8O6. The van der Waals surface area contributed by atoms with Crippen molar-refractivity contribution in [1.82, 2.24) is 35.9 Å². The third kappa shape index (κ3) is 7.42. The molecule has 3 heterocycles. The summed E-state index contributed by atoms with van der Waals surface area (Å²) in [5.74, 6) is -3.45. The van der Waals surface area contributed by atoms with Gasteiger partial charge in [0.25, 0.3) is 0 Å². The van der Waals surface area contributed by atoms with Crippen LogP contribution in [0.1, 0.15) is 23.7 Å². The molecular weight excluding hydrogens is 592 g/mol. The zero-order valence-corrected chi connectivity index (χ0v) is 25.0. The Kier molecular flexibility index (Phi) is 9.79. The summed E-state index contributed by atoms with van der Waals surface area (Å²) in [7, 11) is 0. The average molecular weight is 629 g/mol. The van der Waals surface area contributed by atoms with Crippen molar-refractivity contribution in [3.05, 3.63) is 90.3 Å². The molecule has 5 atom stereocenters. The minimum absolute atomic E-state index is 0.0128. The standard InChI is InChI=1S/C32H36N8O6/c1-17(41)28(33)31(44)39-26(11-19-14-36-24-9-5-3-7-22(19)24)29(42)38-25(10-18-13-35-23-8-4-2-6-21(18)23)30(43)40-27(32(45)46)12-20-15-34-16-37-20/h2-9,13-17,25-28,35-36,41H,10-12,33H2,1H3,(H,34,37)(H,38,42)(H,39,44)(H,40,43)(H,45,46). The Morgan fingerprint density at radius 1 is 0.761 bits per heavy atom. The molecule has 10 N–H and O–H groups in total. The Morgan fingerprint density at radius 3 is 1.74 bits per heavy atom. The van der Waals surface area contributed by atoms with Crippen LogP contribution in [0.2, 0.25) is 0 Å². The number of aliphatic hydroxyl groups excluding tert-OH is 1. The number of rotatable bonds is 14. The Hall–Kier alpha value is -5.47. The fourth-order valence-corrected chi connectivity index (χ4v) is 5.31. The Bertz CT molecular complexity index is 1830. The minimum Gasteiger partial charge on any atom is -0.480 e. The third-order valence-electron chi connectivity index (χ3n) is 7.88. The first-order valence-electron chi connectivity index (χ1n) is 14.8. The number of imidazole rings is 1. The van der Waals surface area contributed by atoms with Gasteiger partial charge >= 0.3 is 5.97 Å². The fraction of sp³-hybridized carbons (Fsp3) is 0.281. The van der Waals surface area contributed by atoms with Gasteiger partial charge < -0.3 is 46.8 Å². The first-order chi connectivity index (χ1) is 22.1. The van der Waals surface area contributed by atoms with Crippen molar-refractivity contribution in [2.75, 3.05) is 0 Å². The molecule has 14 heteroatoms. The molecule has 240 valence electrons. The third-order valence-corrected chi connectivity index (χ3v) is 7.88. The van der Waals surface area contributed by atoms with Crippen LogP contribution in [0.25, 0.3) is 21.8 Å². The van der Waals surface area contributed by atoms with Gasteiger partial charge in [-0.1, -0.05) is 36.4 Å². The van der Waals surface area contributed by atoms with Crippen molar-refractivity contribution in [3.63, 3.8) is 0 Å². The van der Waals surface area contributed by atoms with Crippen LogP contribution in [0.4, 0.5) is 0 Å². The van der Waals surface area contributed by atoms with Crippen LogP contribution in [0.3, 0.4) is 0 Å². The second-order valence-corrected chi connectivity index (χ2v) is 11.2. The van der Waals surface area contributed by atoms with E-state index in [2.05, 4.69) is 35.9 Å². The molecule has 2 aromatic carbocycles. The quantitative estimate of drug-likeness (QED) is 0.0845. The molecule has 0 bridgehead atoms.